The van der Waals surface area contributed by atoms with Gasteiger partial charge in [0, 0.05) is 18.8 Å². The minimum atomic E-state index is -5.00. The molecule has 0 saturated carbocycles. The molecule has 1 aromatic heterocycles. The summed E-state index contributed by atoms with van der Waals surface area (Å²) in [5.41, 5.74) is -0.797. The van der Waals surface area contributed by atoms with E-state index in [9.17, 15) is 37.8 Å². The monoisotopic (exact) mass is 521 g/mol. The number of urea groups is 1. The highest BCUT2D eigenvalue weighted by Gasteiger charge is 2.33. The molecule has 3 aromatic rings. The summed E-state index contributed by atoms with van der Waals surface area (Å²) < 4.78 is 49.5. The number of nitrogens with one attached hydrogen (secondary N) is 2. The number of hydrogen-bond acceptors (Lipinski definition) is 6. The van der Waals surface area contributed by atoms with E-state index in [1.807, 2.05) is 0 Å². The van der Waals surface area contributed by atoms with E-state index >= 15 is 0 Å². The number of aromatic hydroxyl groups is 1. The smallest absolute Gasteiger partial charge is 0.505 e. The number of benzene rings is 2. The molecule has 4 N–H and O–H groups in total. The zero-order chi connectivity index (χ0) is 27.3. The summed E-state index contributed by atoms with van der Waals surface area (Å²) in [7, 11) is 2.77. The SMILES string of the molecule is COc1cccc(-c2cc([C@H](CC(=O)O)NC(=O)Nc3c(O)ccn(C)c3=O)ccc2OC(F)(F)F)c1. The third-order valence-electron chi connectivity index (χ3n) is 5.18. The van der Waals surface area contributed by atoms with Crippen LogP contribution < -0.4 is 25.7 Å². The van der Waals surface area contributed by atoms with Crippen molar-refractivity contribution in [3.8, 4) is 28.4 Å². The molecule has 0 saturated heterocycles. The lowest BCUT2D eigenvalue weighted by Gasteiger charge is -2.21. The second-order valence-corrected chi connectivity index (χ2v) is 7.78. The number of anilines is 1. The van der Waals surface area contributed by atoms with Crippen molar-refractivity contribution < 1.29 is 42.4 Å². The van der Waals surface area contributed by atoms with Gasteiger partial charge in [-0.05, 0) is 41.5 Å². The summed E-state index contributed by atoms with van der Waals surface area (Å²) >= 11 is 0. The van der Waals surface area contributed by atoms with Crippen LogP contribution in [0.25, 0.3) is 11.1 Å². The van der Waals surface area contributed by atoms with Gasteiger partial charge in [0.05, 0.1) is 19.6 Å². The zero-order valence-electron chi connectivity index (χ0n) is 19.5. The Balaban J connectivity index is 2.01. The standard InChI is InChI=1S/C24H22F3N3O7/c1-30-9-8-18(31)21(22(30)34)29-23(35)28-17(12-20(32)33)14-6-7-19(37-24(25,26)27)16(11-14)13-4-3-5-15(10-13)36-2/h3-11,17,31H,12H2,1-2H3,(H,32,33)(H2,28,29,35)/t17-/m0/s1. The Morgan fingerprint density at radius 3 is 2.51 bits per heavy atom. The normalized spacial score (nSPS) is 11.9. The van der Waals surface area contributed by atoms with Gasteiger partial charge >= 0.3 is 18.4 Å². The van der Waals surface area contributed by atoms with E-state index in [2.05, 4.69) is 15.4 Å². The number of carbonyl (C=O) groups is 2. The van der Waals surface area contributed by atoms with Crippen molar-refractivity contribution in [2.24, 2.45) is 7.05 Å². The number of halogens is 3. The molecule has 37 heavy (non-hydrogen) atoms. The van der Waals surface area contributed by atoms with Gasteiger partial charge < -0.3 is 34.9 Å². The first kappa shape index (κ1) is 26.9. The average Bonchev–Trinajstić information content (AvgIpc) is 2.83. The maximum atomic E-state index is 13.0. The van der Waals surface area contributed by atoms with Gasteiger partial charge in [-0.1, -0.05) is 18.2 Å². The molecule has 0 aliphatic carbocycles. The number of hydrogen-bond donors (Lipinski definition) is 4. The van der Waals surface area contributed by atoms with Crippen molar-refractivity contribution >= 4 is 17.7 Å². The number of carbonyl (C=O) groups excluding carboxylic acids is 1. The Labute approximate surface area is 207 Å². The molecule has 1 heterocycles. The van der Waals surface area contributed by atoms with Crippen LogP contribution in [0.5, 0.6) is 17.2 Å². The van der Waals surface area contributed by atoms with Crippen LogP contribution in [-0.2, 0) is 11.8 Å². The Morgan fingerprint density at radius 1 is 1.14 bits per heavy atom. The number of aromatic nitrogens is 1. The number of carboxylic acids is 1. The molecular formula is C24H22F3N3O7. The van der Waals surface area contributed by atoms with Crippen LogP contribution in [0.1, 0.15) is 18.0 Å². The maximum absolute atomic E-state index is 13.0. The predicted molar refractivity (Wildman–Crippen MR) is 126 cm³/mol. The number of alkyl halides is 3. The van der Waals surface area contributed by atoms with Crippen LogP contribution >= 0.6 is 0 Å². The highest BCUT2D eigenvalue weighted by molar-refractivity contribution is 5.91. The first-order valence-corrected chi connectivity index (χ1v) is 10.6. The molecule has 2 aromatic carbocycles. The Kier molecular flexibility index (Phi) is 7.95. The van der Waals surface area contributed by atoms with Crippen molar-refractivity contribution in [2.45, 2.75) is 18.8 Å². The van der Waals surface area contributed by atoms with Crippen molar-refractivity contribution in [1.82, 2.24) is 9.88 Å². The lowest BCUT2D eigenvalue weighted by molar-refractivity contribution is -0.274. The number of methoxy groups -OCH3 is 1. The van der Waals surface area contributed by atoms with E-state index in [0.29, 0.717) is 5.75 Å². The number of pyridine rings is 1. The number of aryl methyl sites for hydroxylation is 1. The van der Waals surface area contributed by atoms with Crippen LogP contribution in [0.2, 0.25) is 0 Å². The molecule has 13 heteroatoms. The fraction of sp³-hybridized carbons (Fsp3) is 0.208. The summed E-state index contributed by atoms with van der Waals surface area (Å²) in [6.45, 7) is 0. The van der Waals surface area contributed by atoms with E-state index < -0.39 is 53.6 Å². The molecule has 0 spiro atoms. The van der Waals surface area contributed by atoms with Gasteiger partial charge in [-0.3, -0.25) is 9.59 Å². The molecule has 0 fully saturated rings. The van der Waals surface area contributed by atoms with Gasteiger partial charge in [-0.15, -0.1) is 13.2 Å². The summed E-state index contributed by atoms with van der Waals surface area (Å²) in [6, 6.07) is 8.44. The molecule has 0 aliphatic heterocycles. The minimum Gasteiger partial charge on any atom is -0.505 e. The molecule has 10 nitrogen and oxygen atoms in total. The lowest BCUT2D eigenvalue weighted by atomic mass is 9.96. The summed E-state index contributed by atoms with van der Waals surface area (Å²) in [4.78, 5) is 36.4. The van der Waals surface area contributed by atoms with Gasteiger partial charge in [-0.25, -0.2) is 4.79 Å². The Morgan fingerprint density at radius 2 is 1.86 bits per heavy atom. The first-order chi connectivity index (χ1) is 17.4. The molecule has 2 amide bonds. The largest absolute Gasteiger partial charge is 0.573 e. The third-order valence-corrected chi connectivity index (χ3v) is 5.18. The lowest BCUT2D eigenvalue weighted by Crippen LogP contribution is -2.36. The first-order valence-electron chi connectivity index (χ1n) is 10.6. The van der Waals surface area contributed by atoms with E-state index in [0.717, 1.165) is 10.6 Å². The second-order valence-electron chi connectivity index (χ2n) is 7.78. The molecule has 0 bridgehead atoms. The molecular weight excluding hydrogens is 499 g/mol. The fourth-order valence-electron chi connectivity index (χ4n) is 3.47. The van der Waals surface area contributed by atoms with E-state index in [1.54, 1.807) is 12.1 Å². The third kappa shape index (κ3) is 6.93. The van der Waals surface area contributed by atoms with E-state index in [1.165, 1.54) is 50.7 Å². The number of nitrogens with zero attached hydrogens (tertiary/aromatic N) is 1. The molecule has 1 atom stereocenters. The maximum Gasteiger partial charge on any atom is 0.573 e. The van der Waals surface area contributed by atoms with Gasteiger partial charge in [0.15, 0.2) is 5.69 Å². The molecule has 0 aliphatic rings. The quantitative estimate of drug-likeness (QED) is 0.351. The number of carboxylic acid groups (broad SMARTS) is 1. The van der Waals surface area contributed by atoms with Crippen LogP contribution in [-0.4, -0.2) is 40.3 Å². The van der Waals surface area contributed by atoms with Crippen molar-refractivity contribution in [3.63, 3.8) is 0 Å². The van der Waals surface area contributed by atoms with Crippen molar-refractivity contribution in [1.29, 1.82) is 0 Å². The van der Waals surface area contributed by atoms with Crippen molar-refractivity contribution in [3.05, 3.63) is 70.6 Å². The van der Waals surface area contributed by atoms with E-state index in [-0.39, 0.29) is 16.7 Å². The van der Waals surface area contributed by atoms with Gasteiger partial charge in [0.2, 0.25) is 0 Å². The van der Waals surface area contributed by atoms with Crippen LogP contribution in [0.3, 0.4) is 0 Å². The Hall–Kier alpha value is -4.68. The summed E-state index contributed by atoms with van der Waals surface area (Å²) in [5.74, 6) is -2.03. The van der Waals surface area contributed by atoms with Gasteiger partial charge in [0.25, 0.3) is 5.56 Å². The molecule has 196 valence electrons. The Bertz CT molecular complexity index is 1370. The minimum absolute atomic E-state index is 0.0408. The molecule has 0 unspecified atom stereocenters. The van der Waals surface area contributed by atoms with Crippen LogP contribution in [0, 0.1) is 0 Å². The molecule has 0 radical (unpaired) electrons. The second kappa shape index (κ2) is 10.9. The number of amides is 2. The van der Waals surface area contributed by atoms with Crippen LogP contribution in [0.4, 0.5) is 23.7 Å². The van der Waals surface area contributed by atoms with Gasteiger partial charge in [-0.2, -0.15) is 0 Å². The van der Waals surface area contributed by atoms with Gasteiger partial charge in [0.1, 0.15) is 17.2 Å². The highest BCUT2D eigenvalue weighted by Crippen LogP contribution is 2.37. The molecule has 3 rings (SSSR count). The number of rotatable bonds is 8. The van der Waals surface area contributed by atoms with Crippen LogP contribution in [0.15, 0.2) is 59.5 Å². The number of aliphatic carboxylic acids is 1. The topological polar surface area (TPSA) is 139 Å². The zero-order valence-corrected chi connectivity index (χ0v) is 19.5. The average molecular weight is 521 g/mol. The predicted octanol–water partition coefficient (Wildman–Crippen LogP) is 4.00. The summed E-state index contributed by atoms with van der Waals surface area (Å²) in [6.07, 6.45) is -4.38. The summed E-state index contributed by atoms with van der Waals surface area (Å²) in [5, 5.41) is 23.9. The fourth-order valence-corrected chi connectivity index (χ4v) is 3.47. The highest BCUT2D eigenvalue weighted by atomic mass is 19.4. The van der Waals surface area contributed by atoms with Crippen molar-refractivity contribution in [2.75, 3.05) is 12.4 Å². The van der Waals surface area contributed by atoms with E-state index in [4.69, 9.17) is 4.74 Å². The number of ether oxygens (including phenoxy) is 2.